The van der Waals surface area contributed by atoms with Crippen molar-refractivity contribution in [1.82, 2.24) is 10.2 Å². The average molecular weight is 402 g/mol. The molecule has 0 spiro atoms. The van der Waals surface area contributed by atoms with Crippen LogP contribution in [-0.2, 0) is 23.2 Å². The van der Waals surface area contributed by atoms with E-state index in [-0.39, 0.29) is 18.4 Å². The third-order valence-corrected chi connectivity index (χ3v) is 5.28. The van der Waals surface area contributed by atoms with Crippen LogP contribution in [0.3, 0.4) is 0 Å². The molecule has 154 valence electrons. The predicted octanol–water partition coefficient (Wildman–Crippen LogP) is 2.55. The lowest BCUT2D eigenvalue weighted by Gasteiger charge is -2.31. The molecule has 1 atom stereocenters. The maximum atomic E-state index is 12.0. The van der Waals surface area contributed by atoms with E-state index in [1.54, 1.807) is 11.8 Å². The third-order valence-electron chi connectivity index (χ3n) is 4.21. The first-order valence-electron chi connectivity index (χ1n) is 9.26. The number of unbranched alkanes of at least 4 members (excludes halogenated alkanes) is 3. The first-order chi connectivity index (χ1) is 12.7. The zero-order valence-electron chi connectivity index (χ0n) is 16.0. The van der Waals surface area contributed by atoms with Crippen molar-refractivity contribution in [2.75, 3.05) is 26.2 Å². The van der Waals surface area contributed by atoms with Gasteiger partial charge in [-0.25, -0.2) is 4.57 Å². The number of carbonyl (C=O) groups excluding carboxylic acids is 2. The minimum absolute atomic E-state index is 0.139. The van der Waals surface area contributed by atoms with Crippen LogP contribution in [-0.4, -0.2) is 54.0 Å². The highest BCUT2D eigenvalue weighted by atomic mass is 31.2. The molecule has 0 radical (unpaired) electrons. The molecule has 0 aromatic heterocycles. The molecule has 9 heteroatoms. The number of nitrogens with one attached hydrogen (secondary N) is 1. The topological polar surface area (TPSA) is 105 Å². The smallest absolute Gasteiger partial charge is 0.352 e. The summed E-state index contributed by atoms with van der Waals surface area (Å²) in [4.78, 5) is 34.2. The van der Waals surface area contributed by atoms with E-state index >= 15 is 0 Å². The van der Waals surface area contributed by atoms with E-state index in [2.05, 4.69) is 18.5 Å². The SMILES string of the molecule is C=CC(=O)N1CCC(OP(=O)(O)OCCCCCCNC(=O)C(=C)C)CC1. The molecule has 0 aromatic carbocycles. The Morgan fingerprint density at radius 2 is 1.89 bits per heavy atom. The number of amides is 2. The van der Waals surface area contributed by atoms with E-state index in [4.69, 9.17) is 9.05 Å². The van der Waals surface area contributed by atoms with Crippen LogP contribution in [0.5, 0.6) is 0 Å². The first kappa shape index (κ1) is 23.6. The van der Waals surface area contributed by atoms with Crippen molar-refractivity contribution in [3.63, 3.8) is 0 Å². The van der Waals surface area contributed by atoms with Gasteiger partial charge in [0.1, 0.15) is 0 Å². The van der Waals surface area contributed by atoms with Crippen LogP contribution in [0.1, 0.15) is 45.4 Å². The maximum absolute atomic E-state index is 12.0. The van der Waals surface area contributed by atoms with Gasteiger partial charge in [-0.05, 0) is 38.7 Å². The lowest BCUT2D eigenvalue weighted by atomic mass is 10.1. The second kappa shape index (κ2) is 12.1. The Hall–Kier alpha value is -1.47. The molecule has 1 saturated heterocycles. The number of nitrogens with zero attached hydrogens (tertiary/aromatic N) is 1. The summed E-state index contributed by atoms with van der Waals surface area (Å²) in [5.74, 6) is -0.285. The maximum Gasteiger partial charge on any atom is 0.472 e. The van der Waals surface area contributed by atoms with E-state index in [1.165, 1.54) is 6.08 Å². The molecular formula is C18H31N2O6P. The molecular weight excluding hydrogens is 371 g/mol. The number of rotatable bonds is 12. The zero-order valence-corrected chi connectivity index (χ0v) is 16.9. The molecule has 0 bridgehead atoms. The van der Waals surface area contributed by atoms with E-state index < -0.39 is 13.9 Å². The van der Waals surface area contributed by atoms with Crippen molar-refractivity contribution in [2.45, 2.75) is 51.6 Å². The van der Waals surface area contributed by atoms with E-state index in [1.807, 2.05) is 0 Å². The van der Waals surface area contributed by atoms with Crippen LogP contribution in [0.15, 0.2) is 24.8 Å². The predicted molar refractivity (Wildman–Crippen MR) is 103 cm³/mol. The van der Waals surface area contributed by atoms with Crippen LogP contribution in [0.4, 0.5) is 0 Å². The van der Waals surface area contributed by atoms with E-state index in [0.717, 1.165) is 19.3 Å². The summed E-state index contributed by atoms with van der Waals surface area (Å²) in [5, 5.41) is 2.75. The number of phosphoric ester groups is 1. The second-order valence-corrected chi connectivity index (χ2v) is 7.99. The van der Waals surface area contributed by atoms with Crippen LogP contribution in [0.2, 0.25) is 0 Å². The molecule has 1 fully saturated rings. The summed E-state index contributed by atoms with van der Waals surface area (Å²) in [6, 6.07) is 0. The minimum atomic E-state index is -4.09. The molecule has 1 rings (SSSR count). The standard InChI is InChI=1S/C18H31N2O6P/c1-4-17(21)20-12-9-16(10-13-20)26-27(23,24)25-14-8-6-5-7-11-19-18(22)15(2)3/h4,16H,1-2,5-14H2,3H3,(H,19,22)(H,23,24). The fourth-order valence-corrected chi connectivity index (χ4v) is 3.65. The first-order valence-corrected chi connectivity index (χ1v) is 10.8. The van der Waals surface area contributed by atoms with Crippen molar-refractivity contribution in [3.05, 3.63) is 24.8 Å². The fourth-order valence-electron chi connectivity index (χ4n) is 2.64. The number of hydrogen-bond acceptors (Lipinski definition) is 5. The number of likely N-dealkylation sites (tertiary alicyclic amines) is 1. The molecule has 1 unspecified atom stereocenters. The van der Waals surface area contributed by atoms with Gasteiger partial charge < -0.3 is 15.1 Å². The normalized spacial score (nSPS) is 17.2. The van der Waals surface area contributed by atoms with Gasteiger partial charge in [-0.1, -0.05) is 26.0 Å². The Labute approximate surface area is 161 Å². The lowest BCUT2D eigenvalue weighted by Crippen LogP contribution is -2.39. The van der Waals surface area contributed by atoms with Crippen LogP contribution < -0.4 is 5.32 Å². The summed E-state index contributed by atoms with van der Waals surface area (Å²) in [6.45, 7) is 10.3. The van der Waals surface area contributed by atoms with Crippen LogP contribution in [0.25, 0.3) is 0 Å². The van der Waals surface area contributed by atoms with Gasteiger partial charge in [0.05, 0.1) is 12.7 Å². The summed E-state index contributed by atoms with van der Waals surface area (Å²) in [7, 11) is -4.09. The van der Waals surface area contributed by atoms with Crippen molar-refractivity contribution < 1.29 is 28.1 Å². The quantitative estimate of drug-likeness (QED) is 0.295. The van der Waals surface area contributed by atoms with Crippen molar-refractivity contribution in [2.24, 2.45) is 0 Å². The Bertz CT molecular complexity index is 572. The number of hydrogen-bond donors (Lipinski definition) is 2. The highest BCUT2D eigenvalue weighted by Gasteiger charge is 2.30. The Balaban J connectivity index is 2.10. The minimum Gasteiger partial charge on any atom is -0.352 e. The van der Waals surface area contributed by atoms with Gasteiger partial charge in [0.15, 0.2) is 0 Å². The van der Waals surface area contributed by atoms with Gasteiger partial charge in [-0.2, -0.15) is 0 Å². The third kappa shape index (κ3) is 9.86. The van der Waals surface area contributed by atoms with Gasteiger partial charge in [0.2, 0.25) is 11.8 Å². The monoisotopic (exact) mass is 402 g/mol. The zero-order chi connectivity index (χ0) is 20.3. The molecule has 0 aromatic rings. The number of carbonyl (C=O) groups is 2. The molecule has 1 aliphatic rings. The summed E-state index contributed by atoms with van der Waals surface area (Å²) >= 11 is 0. The largest absolute Gasteiger partial charge is 0.472 e. The molecule has 1 heterocycles. The number of piperidine rings is 1. The van der Waals surface area contributed by atoms with E-state index in [0.29, 0.717) is 44.5 Å². The fraction of sp³-hybridized carbons (Fsp3) is 0.667. The second-order valence-electron chi connectivity index (χ2n) is 6.59. The lowest BCUT2D eigenvalue weighted by molar-refractivity contribution is -0.127. The van der Waals surface area contributed by atoms with Crippen LogP contribution >= 0.6 is 7.82 Å². The van der Waals surface area contributed by atoms with Crippen molar-refractivity contribution >= 4 is 19.6 Å². The van der Waals surface area contributed by atoms with Gasteiger partial charge >= 0.3 is 7.82 Å². The van der Waals surface area contributed by atoms with E-state index in [9.17, 15) is 19.0 Å². The van der Waals surface area contributed by atoms with Gasteiger partial charge in [-0.15, -0.1) is 0 Å². The van der Waals surface area contributed by atoms with Crippen molar-refractivity contribution in [3.8, 4) is 0 Å². The molecule has 0 saturated carbocycles. The van der Waals surface area contributed by atoms with Gasteiger partial charge in [0, 0.05) is 25.2 Å². The Morgan fingerprint density at radius 1 is 1.26 bits per heavy atom. The summed E-state index contributed by atoms with van der Waals surface area (Å²) < 4.78 is 22.2. The molecule has 1 aliphatic heterocycles. The van der Waals surface area contributed by atoms with Crippen LogP contribution in [0, 0.1) is 0 Å². The molecule has 8 nitrogen and oxygen atoms in total. The summed E-state index contributed by atoms with van der Waals surface area (Å²) in [6.07, 6.45) is 5.01. The van der Waals surface area contributed by atoms with Gasteiger partial charge in [-0.3, -0.25) is 18.6 Å². The molecule has 2 N–H and O–H groups in total. The Kier molecular flexibility index (Phi) is 10.5. The highest BCUT2D eigenvalue weighted by Crippen LogP contribution is 2.46. The number of phosphoric acid groups is 1. The molecule has 0 aliphatic carbocycles. The molecule has 27 heavy (non-hydrogen) atoms. The van der Waals surface area contributed by atoms with Crippen molar-refractivity contribution in [1.29, 1.82) is 0 Å². The Morgan fingerprint density at radius 3 is 2.48 bits per heavy atom. The summed E-state index contributed by atoms with van der Waals surface area (Å²) in [5.41, 5.74) is 0.486. The van der Waals surface area contributed by atoms with Gasteiger partial charge in [0.25, 0.3) is 0 Å². The highest BCUT2D eigenvalue weighted by molar-refractivity contribution is 7.47. The molecule has 2 amide bonds. The average Bonchev–Trinajstić information content (AvgIpc) is 2.63.